The molecule has 1 fully saturated rings. The van der Waals surface area contributed by atoms with E-state index >= 15 is 0 Å². The topological polar surface area (TPSA) is 74.7 Å². The molecule has 1 aliphatic rings. The maximum atomic E-state index is 12.5. The number of rotatable bonds is 5. The van der Waals surface area contributed by atoms with Crippen molar-refractivity contribution in [1.29, 1.82) is 0 Å². The molecule has 21 heavy (non-hydrogen) atoms. The number of hydrogen-bond donors (Lipinski definition) is 1. The minimum atomic E-state index is -3.58. The average Bonchev–Trinajstić information content (AvgIpc) is 2.89. The van der Waals surface area contributed by atoms with Crippen LogP contribution < -0.4 is 0 Å². The predicted molar refractivity (Wildman–Crippen MR) is 79.5 cm³/mol. The van der Waals surface area contributed by atoms with E-state index in [1.165, 1.54) is 4.31 Å². The van der Waals surface area contributed by atoms with Gasteiger partial charge in [-0.15, -0.1) is 0 Å². The van der Waals surface area contributed by atoms with Crippen LogP contribution in [0.3, 0.4) is 0 Å². The standard InChI is InChI=1S/C15H21NO4S/c1-11(2)9-12-3-5-14(6-4-12)21(19,20)16-8-7-13(10-16)15(17)18/h3-6,11,13H,7-10H2,1-2H3,(H,17,18). The van der Waals surface area contributed by atoms with Gasteiger partial charge in [0.2, 0.25) is 10.0 Å². The molecule has 1 heterocycles. The summed E-state index contributed by atoms with van der Waals surface area (Å²) in [7, 11) is -3.58. The Hall–Kier alpha value is -1.40. The van der Waals surface area contributed by atoms with Crippen LogP contribution in [0, 0.1) is 11.8 Å². The second-order valence-corrected chi connectivity index (χ2v) is 7.87. The van der Waals surface area contributed by atoms with Crippen molar-refractivity contribution in [3.8, 4) is 0 Å². The molecule has 1 atom stereocenters. The SMILES string of the molecule is CC(C)Cc1ccc(S(=O)(=O)N2CCC(C(=O)O)C2)cc1. The zero-order valence-corrected chi connectivity index (χ0v) is 13.1. The predicted octanol–water partition coefficient (Wildman–Crippen LogP) is 1.98. The van der Waals surface area contributed by atoms with Gasteiger partial charge >= 0.3 is 5.97 Å². The lowest BCUT2D eigenvalue weighted by Gasteiger charge is -2.16. The quantitative estimate of drug-likeness (QED) is 0.902. The van der Waals surface area contributed by atoms with E-state index in [2.05, 4.69) is 13.8 Å². The lowest BCUT2D eigenvalue weighted by Crippen LogP contribution is -2.30. The van der Waals surface area contributed by atoms with Crippen LogP contribution in [0.2, 0.25) is 0 Å². The summed E-state index contributed by atoms with van der Waals surface area (Å²) in [5.74, 6) is -1.01. The Balaban J connectivity index is 2.15. The molecule has 0 saturated carbocycles. The lowest BCUT2D eigenvalue weighted by atomic mass is 10.0. The molecule has 0 radical (unpaired) electrons. The first-order valence-electron chi connectivity index (χ1n) is 7.12. The molecule has 1 aromatic rings. The summed E-state index contributed by atoms with van der Waals surface area (Å²) in [6, 6.07) is 6.89. The number of benzene rings is 1. The molecule has 0 spiro atoms. The minimum Gasteiger partial charge on any atom is -0.481 e. The Morgan fingerprint density at radius 3 is 2.43 bits per heavy atom. The molecule has 1 aromatic carbocycles. The molecule has 6 heteroatoms. The van der Waals surface area contributed by atoms with Crippen LogP contribution in [0.25, 0.3) is 0 Å². The molecular weight excluding hydrogens is 290 g/mol. The molecule has 1 unspecified atom stereocenters. The van der Waals surface area contributed by atoms with Gasteiger partial charge in [0.25, 0.3) is 0 Å². The van der Waals surface area contributed by atoms with Crippen molar-refractivity contribution < 1.29 is 18.3 Å². The fourth-order valence-corrected chi connectivity index (χ4v) is 4.07. The van der Waals surface area contributed by atoms with Gasteiger partial charge in [0, 0.05) is 13.1 Å². The fourth-order valence-electron chi connectivity index (χ4n) is 2.57. The Morgan fingerprint density at radius 1 is 1.33 bits per heavy atom. The van der Waals surface area contributed by atoms with Gasteiger partial charge in [0.1, 0.15) is 0 Å². The van der Waals surface area contributed by atoms with Crippen molar-refractivity contribution in [3.05, 3.63) is 29.8 Å². The molecule has 116 valence electrons. The minimum absolute atomic E-state index is 0.0609. The highest BCUT2D eigenvalue weighted by molar-refractivity contribution is 7.89. The number of nitrogens with zero attached hydrogens (tertiary/aromatic N) is 1. The Kier molecular flexibility index (Phi) is 4.68. The van der Waals surface area contributed by atoms with Crippen molar-refractivity contribution in [2.45, 2.75) is 31.6 Å². The zero-order chi connectivity index (χ0) is 15.6. The number of hydrogen-bond acceptors (Lipinski definition) is 3. The molecule has 1 saturated heterocycles. The first kappa shape index (κ1) is 16.0. The second kappa shape index (κ2) is 6.15. The van der Waals surface area contributed by atoms with Crippen LogP contribution in [-0.4, -0.2) is 36.9 Å². The number of carboxylic acid groups (broad SMARTS) is 1. The van der Waals surface area contributed by atoms with E-state index in [-0.39, 0.29) is 18.0 Å². The maximum absolute atomic E-state index is 12.5. The van der Waals surface area contributed by atoms with E-state index in [1.54, 1.807) is 12.1 Å². The van der Waals surface area contributed by atoms with Gasteiger partial charge < -0.3 is 5.11 Å². The van der Waals surface area contributed by atoms with Crippen LogP contribution in [0.15, 0.2) is 29.2 Å². The van der Waals surface area contributed by atoms with E-state index in [0.717, 1.165) is 12.0 Å². The van der Waals surface area contributed by atoms with Crippen molar-refractivity contribution in [3.63, 3.8) is 0 Å². The van der Waals surface area contributed by atoms with Crippen LogP contribution in [-0.2, 0) is 21.2 Å². The molecule has 5 nitrogen and oxygen atoms in total. The van der Waals surface area contributed by atoms with Crippen molar-refractivity contribution in [2.24, 2.45) is 11.8 Å². The van der Waals surface area contributed by atoms with Crippen LogP contribution in [0.1, 0.15) is 25.8 Å². The van der Waals surface area contributed by atoms with E-state index in [4.69, 9.17) is 5.11 Å². The third kappa shape index (κ3) is 3.63. The molecular formula is C15H21NO4S. The number of aliphatic carboxylic acids is 1. The summed E-state index contributed by atoms with van der Waals surface area (Å²) < 4.78 is 26.2. The summed E-state index contributed by atoms with van der Waals surface area (Å²) >= 11 is 0. The van der Waals surface area contributed by atoms with Gasteiger partial charge in [-0.3, -0.25) is 4.79 Å². The average molecular weight is 311 g/mol. The maximum Gasteiger partial charge on any atom is 0.307 e. The number of carboxylic acids is 1. The highest BCUT2D eigenvalue weighted by atomic mass is 32.2. The first-order chi connectivity index (χ1) is 9.80. The summed E-state index contributed by atoms with van der Waals surface area (Å²) in [6.07, 6.45) is 1.28. The van der Waals surface area contributed by atoms with Crippen molar-refractivity contribution in [2.75, 3.05) is 13.1 Å². The number of sulfonamides is 1. The molecule has 0 amide bonds. The van der Waals surface area contributed by atoms with E-state index in [0.29, 0.717) is 12.3 Å². The van der Waals surface area contributed by atoms with Gasteiger partial charge in [-0.05, 0) is 36.5 Å². The van der Waals surface area contributed by atoms with E-state index < -0.39 is 21.9 Å². The normalized spacial score (nSPS) is 20.0. The van der Waals surface area contributed by atoms with Gasteiger partial charge in [-0.2, -0.15) is 4.31 Å². The van der Waals surface area contributed by atoms with Gasteiger partial charge in [-0.25, -0.2) is 8.42 Å². The van der Waals surface area contributed by atoms with Gasteiger partial charge in [0.05, 0.1) is 10.8 Å². The van der Waals surface area contributed by atoms with Gasteiger partial charge in [-0.1, -0.05) is 26.0 Å². The molecule has 1 aliphatic heterocycles. The Bertz CT molecular complexity index is 607. The summed E-state index contributed by atoms with van der Waals surface area (Å²) in [5, 5.41) is 8.97. The molecule has 0 aromatic heterocycles. The second-order valence-electron chi connectivity index (χ2n) is 5.93. The number of carbonyl (C=O) groups is 1. The molecule has 0 bridgehead atoms. The Labute approximate surface area is 125 Å². The van der Waals surface area contributed by atoms with Crippen LogP contribution in [0.5, 0.6) is 0 Å². The van der Waals surface area contributed by atoms with E-state index in [1.807, 2.05) is 12.1 Å². The molecule has 2 rings (SSSR count). The van der Waals surface area contributed by atoms with Crippen molar-refractivity contribution in [1.82, 2.24) is 4.31 Å². The monoisotopic (exact) mass is 311 g/mol. The largest absolute Gasteiger partial charge is 0.481 e. The molecule has 0 aliphatic carbocycles. The summed E-state index contributed by atoms with van der Waals surface area (Å²) in [6.45, 7) is 4.56. The smallest absolute Gasteiger partial charge is 0.307 e. The lowest BCUT2D eigenvalue weighted by molar-refractivity contribution is -0.141. The summed E-state index contributed by atoms with van der Waals surface area (Å²) in [5.41, 5.74) is 1.11. The molecule has 1 N–H and O–H groups in total. The highest BCUT2D eigenvalue weighted by Crippen LogP contribution is 2.25. The third-order valence-corrected chi connectivity index (χ3v) is 5.58. The van der Waals surface area contributed by atoms with Crippen LogP contribution >= 0.6 is 0 Å². The Morgan fingerprint density at radius 2 is 1.95 bits per heavy atom. The van der Waals surface area contributed by atoms with Crippen molar-refractivity contribution >= 4 is 16.0 Å². The first-order valence-corrected chi connectivity index (χ1v) is 8.56. The summed E-state index contributed by atoms with van der Waals surface area (Å²) in [4.78, 5) is 11.2. The zero-order valence-electron chi connectivity index (χ0n) is 12.3. The van der Waals surface area contributed by atoms with E-state index in [9.17, 15) is 13.2 Å². The highest BCUT2D eigenvalue weighted by Gasteiger charge is 2.35. The van der Waals surface area contributed by atoms with Crippen LogP contribution in [0.4, 0.5) is 0 Å². The third-order valence-electron chi connectivity index (χ3n) is 3.71. The fraction of sp³-hybridized carbons (Fsp3) is 0.533. The van der Waals surface area contributed by atoms with Gasteiger partial charge in [0.15, 0.2) is 0 Å².